The highest BCUT2D eigenvalue weighted by Gasteiger charge is 2.19. The highest BCUT2D eigenvalue weighted by atomic mass is 16.5. The Labute approximate surface area is 108 Å². The van der Waals surface area contributed by atoms with Gasteiger partial charge in [0.05, 0.1) is 12.3 Å². The molecule has 0 amide bonds. The van der Waals surface area contributed by atoms with E-state index in [1.807, 2.05) is 7.05 Å². The summed E-state index contributed by atoms with van der Waals surface area (Å²) in [6, 6.07) is 0. The third-order valence-electron chi connectivity index (χ3n) is 3.09. The molecule has 0 unspecified atom stereocenters. The third kappa shape index (κ3) is 3.77. The number of carbonyl (C=O) groups is 1. The van der Waals surface area contributed by atoms with E-state index in [2.05, 4.69) is 17.1 Å². The van der Waals surface area contributed by atoms with E-state index >= 15 is 0 Å². The minimum atomic E-state index is -0.834. The molecule has 0 atom stereocenters. The lowest BCUT2D eigenvalue weighted by atomic mass is 9.99. The molecule has 1 aliphatic rings. The Morgan fingerprint density at radius 3 is 2.83 bits per heavy atom. The Morgan fingerprint density at radius 2 is 2.28 bits per heavy atom. The maximum absolute atomic E-state index is 11.0. The first kappa shape index (κ1) is 14.6. The Hall–Kier alpha value is -1.49. The van der Waals surface area contributed by atoms with Gasteiger partial charge in [0, 0.05) is 38.5 Å². The summed E-state index contributed by atoms with van der Waals surface area (Å²) < 4.78 is 4.99. The summed E-state index contributed by atoms with van der Waals surface area (Å²) in [4.78, 5) is 13.2. The molecule has 1 aliphatic carbocycles. The predicted molar refractivity (Wildman–Crippen MR) is 70.2 cm³/mol. The first-order chi connectivity index (χ1) is 8.60. The van der Waals surface area contributed by atoms with Crippen molar-refractivity contribution in [2.75, 3.05) is 33.9 Å². The fourth-order valence-corrected chi connectivity index (χ4v) is 1.91. The van der Waals surface area contributed by atoms with Crippen LogP contribution in [-0.4, -0.2) is 49.8 Å². The van der Waals surface area contributed by atoms with Gasteiger partial charge in [0.2, 0.25) is 0 Å². The van der Waals surface area contributed by atoms with E-state index in [9.17, 15) is 4.79 Å². The van der Waals surface area contributed by atoms with Gasteiger partial charge < -0.3 is 20.1 Å². The zero-order chi connectivity index (χ0) is 13.5. The average Bonchev–Trinajstić information content (AvgIpc) is 2.38. The molecule has 2 N–H and O–H groups in total. The van der Waals surface area contributed by atoms with Crippen LogP contribution in [0.15, 0.2) is 23.0 Å². The van der Waals surface area contributed by atoms with Crippen LogP contribution >= 0.6 is 0 Å². The highest BCUT2D eigenvalue weighted by molar-refractivity contribution is 5.87. The number of ether oxygens (including phenoxy) is 1. The number of hydrogen-bond acceptors (Lipinski definition) is 4. The maximum Gasteiger partial charge on any atom is 0.331 e. The lowest BCUT2D eigenvalue weighted by Crippen LogP contribution is -2.28. The van der Waals surface area contributed by atoms with Crippen molar-refractivity contribution in [1.29, 1.82) is 0 Å². The fourth-order valence-electron chi connectivity index (χ4n) is 1.91. The Bertz CT molecular complexity index is 361. The molecule has 0 fully saturated rings. The molecule has 18 heavy (non-hydrogen) atoms. The molecule has 0 aliphatic heterocycles. The molecule has 0 saturated carbocycles. The van der Waals surface area contributed by atoms with Gasteiger partial charge in [-0.05, 0) is 25.8 Å². The van der Waals surface area contributed by atoms with Gasteiger partial charge in [0.15, 0.2) is 0 Å². The van der Waals surface area contributed by atoms with Gasteiger partial charge in [0.25, 0.3) is 0 Å². The van der Waals surface area contributed by atoms with Gasteiger partial charge in [-0.3, -0.25) is 0 Å². The summed E-state index contributed by atoms with van der Waals surface area (Å²) >= 11 is 0. The van der Waals surface area contributed by atoms with Crippen LogP contribution in [0.25, 0.3) is 0 Å². The van der Waals surface area contributed by atoms with Gasteiger partial charge in [-0.15, -0.1) is 0 Å². The van der Waals surface area contributed by atoms with Gasteiger partial charge >= 0.3 is 5.97 Å². The van der Waals surface area contributed by atoms with Crippen LogP contribution in [0.4, 0.5) is 0 Å². The van der Waals surface area contributed by atoms with Crippen molar-refractivity contribution in [2.24, 2.45) is 0 Å². The van der Waals surface area contributed by atoms with Crippen LogP contribution in [0.2, 0.25) is 0 Å². The monoisotopic (exact) mass is 254 g/mol. The normalized spacial score (nSPS) is 15.4. The van der Waals surface area contributed by atoms with Crippen molar-refractivity contribution >= 4 is 5.97 Å². The van der Waals surface area contributed by atoms with Crippen LogP contribution in [0.1, 0.15) is 19.8 Å². The number of methoxy groups -OCH3 is 1. The lowest BCUT2D eigenvalue weighted by molar-refractivity contribution is -0.132. The Morgan fingerprint density at radius 1 is 1.56 bits per heavy atom. The van der Waals surface area contributed by atoms with Crippen molar-refractivity contribution in [3.8, 4) is 0 Å². The number of hydrogen-bond donors (Lipinski definition) is 2. The van der Waals surface area contributed by atoms with Crippen LogP contribution < -0.4 is 5.32 Å². The molecule has 0 spiro atoms. The first-order valence-electron chi connectivity index (χ1n) is 6.21. The van der Waals surface area contributed by atoms with Crippen molar-refractivity contribution in [2.45, 2.75) is 19.8 Å². The van der Waals surface area contributed by atoms with Crippen molar-refractivity contribution < 1.29 is 14.6 Å². The van der Waals surface area contributed by atoms with Crippen molar-refractivity contribution in [3.05, 3.63) is 23.0 Å². The molecule has 0 aromatic heterocycles. The summed E-state index contributed by atoms with van der Waals surface area (Å²) in [5.41, 5.74) is 2.53. The van der Waals surface area contributed by atoms with Gasteiger partial charge in [-0.1, -0.05) is 0 Å². The van der Waals surface area contributed by atoms with Gasteiger partial charge in [-0.25, -0.2) is 4.79 Å². The largest absolute Gasteiger partial charge is 0.478 e. The first-order valence-corrected chi connectivity index (χ1v) is 6.21. The smallest absolute Gasteiger partial charge is 0.331 e. The van der Waals surface area contributed by atoms with Gasteiger partial charge in [0.1, 0.15) is 0 Å². The number of carboxylic acid groups (broad SMARTS) is 1. The molecule has 5 heteroatoms. The molecule has 0 bridgehead atoms. The highest BCUT2D eigenvalue weighted by Crippen LogP contribution is 2.24. The standard InChI is InChI=1S/C13H22N2O3/c1-4-15(2)12-6-5-10(13(16)17)9-11(12)14-7-8-18-3/h9,14H,4-8H2,1-3H3,(H,16,17). The molecular weight excluding hydrogens is 232 g/mol. The molecule has 0 aromatic carbocycles. The zero-order valence-corrected chi connectivity index (χ0v) is 11.3. The summed E-state index contributed by atoms with van der Waals surface area (Å²) in [6.07, 6.45) is 3.09. The summed E-state index contributed by atoms with van der Waals surface area (Å²) in [5, 5.41) is 12.3. The van der Waals surface area contributed by atoms with E-state index in [0.717, 1.165) is 18.7 Å². The second kappa shape index (κ2) is 7.06. The number of allylic oxidation sites excluding steroid dienone is 2. The van der Waals surface area contributed by atoms with Crippen LogP contribution in [0.5, 0.6) is 0 Å². The molecule has 0 aromatic rings. The predicted octanol–water partition coefficient (Wildman–Crippen LogP) is 1.19. The number of nitrogens with zero attached hydrogens (tertiary/aromatic N) is 1. The summed E-state index contributed by atoms with van der Waals surface area (Å²) in [6.45, 7) is 4.26. The van der Waals surface area contributed by atoms with E-state index in [4.69, 9.17) is 9.84 Å². The molecule has 0 radical (unpaired) electrons. The Kier molecular flexibility index (Phi) is 5.71. The molecule has 0 saturated heterocycles. The number of nitrogens with one attached hydrogen (secondary N) is 1. The Balaban J connectivity index is 2.88. The van der Waals surface area contributed by atoms with E-state index < -0.39 is 5.97 Å². The van der Waals surface area contributed by atoms with Crippen molar-refractivity contribution in [3.63, 3.8) is 0 Å². The number of rotatable bonds is 7. The SMILES string of the molecule is CCN(C)C1=C(NCCOC)C=C(C(=O)O)CC1. The number of carboxylic acids is 1. The van der Waals surface area contributed by atoms with Crippen LogP contribution in [0, 0.1) is 0 Å². The minimum Gasteiger partial charge on any atom is -0.478 e. The second-order valence-corrected chi connectivity index (χ2v) is 4.27. The van der Waals surface area contributed by atoms with E-state index in [1.165, 1.54) is 5.70 Å². The van der Waals surface area contributed by atoms with Gasteiger partial charge in [-0.2, -0.15) is 0 Å². The maximum atomic E-state index is 11.0. The molecule has 102 valence electrons. The van der Waals surface area contributed by atoms with E-state index in [1.54, 1.807) is 13.2 Å². The van der Waals surface area contributed by atoms with Crippen molar-refractivity contribution in [1.82, 2.24) is 10.2 Å². The minimum absolute atomic E-state index is 0.461. The fraction of sp³-hybridized carbons (Fsp3) is 0.615. The second-order valence-electron chi connectivity index (χ2n) is 4.27. The van der Waals surface area contributed by atoms with E-state index in [0.29, 0.717) is 25.1 Å². The molecule has 0 heterocycles. The average molecular weight is 254 g/mol. The van der Waals surface area contributed by atoms with Crippen LogP contribution in [0.3, 0.4) is 0 Å². The zero-order valence-electron chi connectivity index (χ0n) is 11.3. The molecular formula is C13H22N2O3. The van der Waals surface area contributed by atoms with Crippen LogP contribution in [-0.2, 0) is 9.53 Å². The topological polar surface area (TPSA) is 61.8 Å². The molecule has 5 nitrogen and oxygen atoms in total. The third-order valence-corrected chi connectivity index (χ3v) is 3.09. The van der Waals surface area contributed by atoms with E-state index in [-0.39, 0.29) is 0 Å². The quantitative estimate of drug-likeness (QED) is 0.668. The summed E-state index contributed by atoms with van der Waals surface area (Å²) in [7, 11) is 3.67. The molecule has 1 rings (SSSR count). The summed E-state index contributed by atoms with van der Waals surface area (Å²) in [5.74, 6) is -0.834. The number of aliphatic carboxylic acids is 1. The lowest BCUT2D eigenvalue weighted by Gasteiger charge is -2.27.